The molecule has 0 aromatic heterocycles. The maximum atomic E-state index is 9.71. The molecule has 0 saturated carbocycles. The molecule has 0 fully saturated rings. The number of aryl methyl sites for hydroxylation is 1. The van der Waals surface area contributed by atoms with Gasteiger partial charge in [0.2, 0.25) is 0 Å². The first-order chi connectivity index (χ1) is 6.12. The van der Waals surface area contributed by atoms with Gasteiger partial charge >= 0.3 is 0 Å². The van der Waals surface area contributed by atoms with Crippen LogP contribution in [0.5, 0.6) is 0 Å². The van der Waals surface area contributed by atoms with Crippen molar-refractivity contribution in [3.05, 3.63) is 35.4 Å². The lowest BCUT2D eigenvalue weighted by molar-refractivity contribution is 0.00650. The lowest BCUT2D eigenvalue weighted by atomic mass is 9.88. The second kappa shape index (κ2) is 2.88. The van der Waals surface area contributed by atoms with Crippen molar-refractivity contribution in [3.8, 4) is 0 Å². The van der Waals surface area contributed by atoms with Gasteiger partial charge in [-0.1, -0.05) is 24.3 Å². The van der Waals surface area contributed by atoms with Crippen molar-refractivity contribution in [2.24, 2.45) is 0 Å². The Hall–Kier alpha value is -0.860. The fraction of sp³-hybridized carbons (Fsp3) is 0.400. The second-order valence-corrected chi connectivity index (χ2v) is 3.10. The van der Waals surface area contributed by atoms with Crippen LogP contribution in [0.15, 0.2) is 24.3 Å². The molecule has 1 aromatic rings. The standard InChI is InChI=1S/C10H12O2/c11-9-6-5-7-3-1-2-4-8(7)10(9)12/h1-4,9-12H,5-6H2/t9-,10+/m0/s1/i10D. The van der Waals surface area contributed by atoms with E-state index in [0.717, 1.165) is 12.0 Å². The third kappa shape index (κ3) is 1.13. The summed E-state index contributed by atoms with van der Waals surface area (Å²) in [4.78, 5) is 0. The molecule has 2 N–H and O–H groups in total. The molecular weight excluding hydrogens is 152 g/mol. The van der Waals surface area contributed by atoms with E-state index in [2.05, 4.69) is 0 Å². The summed E-state index contributed by atoms with van der Waals surface area (Å²) in [5.74, 6) is 0. The van der Waals surface area contributed by atoms with Gasteiger partial charge in [0.05, 0.1) is 7.47 Å². The Balaban J connectivity index is 2.52. The fourth-order valence-electron chi connectivity index (χ4n) is 1.60. The number of aliphatic hydroxyl groups excluding tert-OH is 1. The molecule has 64 valence electrons. The van der Waals surface area contributed by atoms with Crippen LogP contribution in [0.4, 0.5) is 0 Å². The molecule has 0 radical (unpaired) electrons. The largest absolute Gasteiger partial charge is 0.390 e. The Morgan fingerprint density at radius 2 is 2.08 bits per heavy atom. The number of fused-ring (bicyclic) bond motifs is 1. The van der Waals surface area contributed by atoms with E-state index in [4.69, 9.17) is 1.37 Å². The van der Waals surface area contributed by atoms with E-state index < -0.39 is 12.2 Å². The van der Waals surface area contributed by atoms with Gasteiger partial charge in [0.25, 0.3) is 0 Å². The van der Waals surface area contributed by atoms with Gasteiger partial charge in [0, 0.05) is 0 Å². The summed E-state index contributed by atoms with van der Waals surface area (Å²) in [6, 6.07) is 7.24. The summed E-state index contributed by atoms with van der Waals surface area (Å²) < 4.78 is 7.62. The Kier molecular flexibility index (Phi) is 1.59. The monoisotopic (exact) mass is 165 g/mol. The van der Waals surface area contributed by atoms with Gasteiger partial charge in [-0.3, -0.25) is 0 Å². The lowest BCUT2D eigenvalue weighted by Crippen LogP contribution is -2.24. The highest BCUT2D eigenvalue weighted by Crippen LogP contribution is 2.29. The minimum absolute atomic E-state index is 0.455. The Morgan fingerprint density at radius 3 is 2.92 bits per heavy atom. The number of rotatable bonds is 0. The van der Waals surface area contributed by atoms with Crippen LogP contribution in [0.1, 0.15) is 25.0 Å². The molecule has 0 saturated heterocycles. The highest BCUT2D eigenvalue weighted by molar-refractivity contribution is 5.31. The normalized spacial score (nSPS) is 35.5. The summed E-state index contributed by atoms with van der Waals surface area (Å²) in [6.45, 7) is 0. The molecule has 2 heteroatoms. The van der Waals surface area contributed by atoms with Crippen LogP contribution in [-0.2, 0) is 6.42 Å². The molecule has 12 heavy (non-hydrogen) atoms. The zero-order valence-corrected chi connectivity index (χ0v) is 6.70. The molecule has 0 amide bonds. The SMILES string of the molecule is [2H][C@@]1(O)c2ccccc2CC[C@@H]1O. The zero-order valence-electron chi connectivity index (χ0n) is 7.70. The molecule has 0 unspecified atom stereocenters. The third-order valence-electron chi connectivity index (χ3n) is 2.30. The first-order valence-corrected chi connectivity index (χ1v) is 4.11. The molecule has 1 aliphatic rings. The van der Waals surface area contributed by atoms with Gasteiger partial charge in [-0.25, -0.2) is 0 Å². The highest BCUT2D eigenvalue weighted by Gasteiger charge is 2.25. The minimum Gasteiger partial charge on any atom is -0.390 e. The smallest absolute Gasteiger partial charge is 0.105 e. The maximum absolute atomic E-state index is 9.71. The molecular formula is C10H12O2. The van der Waals surface area contributed by atoms with Gasteiger partial charge in [-0.15, -0.1) is 0 Å². The van der Waals surface area contributed by atoms with Crippen LogP contribution < -0.4 is 0 Å². The van der Waals surface area contributed by atoms with Crippen LogP contribution in [-0.4, -0.2) is 16.3 Å². The van der Waals surface area contributed by atoms with E-state index in [0.29, 0.717) is 12.0 Å². The van der Waals surface area contributed by atoms with Gasteiger partial charge in [0.15, 0.2) is 0 Å². The number of hydrogen-bond acceptors (Lipinski definition) is 2. The van der Waals surface area contributed by atoms with E-state index in [9.17, 15) is 10.2 Å². The van der Waals surface area contributed by atoms with Crippen LogP contribution in [0, 0.1) is 0 Å². The average molecular weight is 165 g/mol. The summed E-state index contributed by atoms with van der Waals surface area (Å²) in [5, 5.41) is 19.2. The Bertz CT molecular complexity index is 322. The predicted octanol–water partition coefficient (Wildman–Crippen LogP) is 1.03. The summed E-state index contributed by atoms with van der Waals surface area (Å²) in [5.41, 5.74) is 1.50. The number of benzene rings is 1. The van der Waals surface area contributed by atoms with Crippen LogP contribution in [0.2, 0.25) is 0 Å². The van der Waals surface area contributed by atoms with E-state index in [-0.39, 0.29) is 0 Å². The van der Waals surface area contributed by atoms with Crippen LogP contribution in [0.3, 0.4) is 0 Å². The van der Waals surface area contributed by atoms with Gasteiger partial charge in [0.1, 0.15) is 6.08 Å². The van der Waals surface area contributed by atoms with E-state index in [1.807, 2.05) is 12.1 Å². The molecule has 0 bridgehead atoms. The quantitative estimate of drug-likeness (QED) is 0.602. The molecule has 2 atom stereocenters. The molecule has 0 aliphatic heterocycles. The number of aliphatic hydroxyl groups is 2. The van der Waals surface area contributed by atoms with Gasteiger partial charge < -0.3 is 10.2 Å². The highest BCUT2D eigenvalue weighted by atomic mass is 16.3. The first kappa shape index (κ1) is 6.63. The molecule has 1 aromatic carbocycles. The third-order valence-corrected chi connectivity index (χ3v) is 2.30. The molecule has 2 rings (SSSR count). The molecule has 2 nitrogen and oxygen atoms in total. The van der Waals surface area contributed by atoms with E-state index in [1.54, 1.807) is 12.1 Å². The first-order valence-electron chi connectivity index (χ1n) is 4.61. The van der Waals surface area contributed by atoms with E-state index in [1.165, 1.54) is 0 Å². The topological polar surface area (TPSA) is 40.5 Å². The Morgan fingerprint density at radius 1 is 1.33 bits per heavy atom. The Labute approximate surface area is 72.9 Å². The van der Waals surface area contributed by atoms with Crippen LogP contribution in [0.25, 0.3) is 0 Å². The van der Waals surface area contributed by atoms with Crippen molar-refractivity contribution in [2.45, 2.75) is 25.0 Å². The van der Waals surface area contributed by atoms with Crippen LogP contribution >= 0.6 is 0 Å². The minimum atomic E-state index is -1.82. The summed E-state index contributed by atoms with van der Waals surface area (Å²) in [6.07, 6.45) is -1.60. The van der Waals surface area contributed by atoms with Crippen molar-refractivity contribution in [3.63, 3.8) is 0 Å². The van der Waals surface area contributed by atoms with Crippen molar-refractivity contribution in [1.29, 1.82) is 0 Å². The van der Waals surface area contributed by atoms with Crippen molar-refractivity contribution >= 4 is 0 Å². The molecule has 0 spiro atoms. The predicted molar refractivity (Wildman–Crippen MR) is 45.7 cm³/mol. The van der Waals surface area contributed by atoms with Crippen molar-refractivity contribution < 1.29 is 11.6 Å². The van der Waals surface area contributed by atoms with Crippen molar-refractivity contribution in [2.75, 3.05) is 0 Å². The zero-order chi connectivity index (χ0) is 9.47. The van der Waals surface area contributed by atoms with E-state index >= 15 is 0 Å². The van der Waals surface area contributed by atoms with Gasteiger partial charge in [-0.2, -0.15) is 0 Å². The van der Waals surface area contributed by atoms with Gasteiger partial charge in [-0.05, 0) is 24.0 Å². The second-order valence-electron chi connectivity index (χ2n) is 3.10. The summed E-state index contributed by atoms with van der Waals surface area (Å²) in [7, 11) is 0. The fourth-order valence-corrected chi connectivity index (χ4v) is 1.60. The van der Waals surface area contributed by atoms with Crippen molar-refractivity contribution in [1.82, 2.24) is 0 Å². The number of hydrogen-bond donors (Lipinski definition) is 2. The summed E-state index contributed by atoms with van der Waals surface area (Å²) >= 11 is 0. The average Bonchev–Trinajstić information content (AvgIpc) is 2.13. The molecule has 0 heterocycles. The lowest BCUT2D eigenvalue weighted by Gasteiger charge is -2.25. The maximum Gasteiger partial charge on any atom is 0.105 e. The molecule has 1 aliphatic carbocycles.